The molecule has 2 heterocycles. The molecule has 29 heavy (non-hydrogen) atoms. The molecule has 1 unspecified atom stereocenters. The summed E-state index contributed by atoms with van der Waals surface area (Å²) < 4.78 is 84.4. The Morgan fingerprint density at radius 2 is 1.72 bits per heavy atom. The van der Waals surface area contributed by atoms with Gasteiger partial charge in [0.15, 0.2) is 11.2 Å². The van der Waals surface area contributed by atoms with Gasteiger partial charge < -0.3 is 5.11 Å². The van der Waals surface area contributed by atoms with Crippen LogP contribution >= 0.6 is 0 Å². The lowest BCUT2D eigenvalue weighted by atomic mass is 9.85. The predicted molar refractivity (Wildman–Crippen MR) is 87.8 cm³/mol. The molecule has 0 amide bonds. The van der Waals surface area contributed by atoms with Gasteiger partial charge >= 0.3 is 18.1 Å². The largest absolute Gasteiger partial charge is 0.441 e. The van der Waals surface area contributed by atoms with Crippen molar-refractivity contribution in [3.05, 3.63) is 40.9 Å². The van der Waals surface area contributed by atoms with E-state index < -0.39 is 62.2 Å². The smallest absolute Gasteiger partial charge is 0.390 e. The van der Waals surface area contributed by atoms with Gasteiger partial charge in [-0.3, -0.25) is 14.0 Å². The Kier molecular flexibility index (Phi) is 5.52. The summed E-state index contributed by atoms with van der Waals surface area (Å²) in [6.45, 7) is -2.66. The fourth-order valence-corrected chi connectivity index (χ4v) is 3.46. The molecular formula is C17H17F6N3O3. The highest BCUT2D eigenvalue weighted by molar-refractivity contribution is 5.54. The van der Waals surface area contributed by atoms with Crippen molar-refractivity contribution in [1.82, 2.24) is 14.6 Å². The maximum atomic E-state index is 13.1. The van der Waals surface area contributed by atoms with Crippen LogP contribution in [0.2, 0.25) is 0 Å². The van der Waals surface area contributed by atoms with E-state index in [-0.39, 0.29) is 5.82 Å². The van der Waals surface area contributed by atoms with Gasteiger partial charge in [0.1, 0.15) is 0 Å². The number of aliphatic hydroxyl groups is 1. The second-order valence-corrected chi connectivity index (χ2v) is 6.97. The molecule has 1 fully saturated rings. The van der Waals surface area contributed by atoms with Crippen LogP contribution in [0.1, 0.15) is 6.42 Å². The monoisotopic (exact) mass is 425 g/mol. The zero-order valence-corrected chi connectivity index (χ0v) is 14.9. The van der Waals surface area contributed by atoms with Crippen molar-refractivity contribution in [1.29, 1.82) is 0 Å². The van der Waals surface area contributed by atoms with E-state index in [0.29, 0.717) is 5.56 Å². The third-order valence-corrected chi connectivity index (χ3v) is 5.01. The van der Waals surface area contributed by atoms with E-state index in [1.165, 1.54) is 0 Å². The van der Waals surface area contributed by atoms with Gasteiger partial charge in [-0.25, -0.2) is 4.79 Å². The maximum Gasteiger partial charge on any atom is 0.441 e. The number of halogens is 6. The molecule has 0 radical (unpaired) electrons. The Morgan fingerprint density at radius 1 is 1.10 bits per heavy atom. The number of β-amino-alcohol motifs (C(OH)–C–C–N with tert-alkyl or cyclic N) is 1. The second kappa shape index (κ2) is 7.48. The first-order chi connectivity index (χ1) is 13.4. The van der Waals surface area contributed by atoms with Crippen molar-refractivity contribution < 1.29 is 36.0 Å². The fraction of sp³-hybridized carbons (Fsp3) is 0.529. The highest BCUT2D eigenvalue weighted by Crippen LogP contribution is 2.55. The Bertz CT molecular complexity index is 876. The first-order valence-electron chi connectivity index (χ1n) is 8.60. The van der Waals surface area contributed by atoms with Crippen molar-refractivity contribution in [2.24, 2.45) is 5.41 Å². The number of hydrogen-bond acceptors (Lipinski definition) is 5. The van der Waals surface area contributed by atoms with Crippen LogP contribution in [0.5, 0.6) is 0 Å². The van der Waals surface area contributed by atoms with E-state index in [1.54, 1.807) is 30.3 Å². The number of rotatable bonds is 5. The van der Waals surface area contributed by atoms with Gasteiger partial charge in [0, 0.05) is 18.7 Å². The number of aliphatic hydroxyl groups excluding tert-OH is 1. The standard InChI is InChI=1S/C17H17F6N3O3/c18-16(19,20)15(17(21,22)23)6-7-25(10-15)8-12(27)9-26-13(24-29-14(26)28)11-4-2-1-3-5-11/h1-5,12,27H,6-10H2. The Hall–Kier alpha value is -2.34. The molecule has 1 aromatic heterocycles. The molecule has 0 aliphatic carbocycles. The van der Waals surface area contributed by atoms with Crippen LogP contribution in [0.3, 0.4) is 0 Å². The minimum Gasteiger partial charge on any atom is -0.390 e. The first kappa shape index (κ1) is 21.4. The first-order valence-corrected chi connectivity index (χ1v) is 8.60. The number of nitrogens with zero attached hydrogens (tertiary/aromatic N) is 3. The third-order valence-electron chi connectivity index (χ3n) is 5.01. The van der Waals surface area contributed by atoms with Gasteiger partial charge in [-0.2, -0.15) is 26.3 Å². The van der Waals surface area contributed by atoms with Crippen molar-refractivity contribution in [3.8, 4) is 11.4 Å². The van der Waals surface area contributed by atoms with Crippen LogP contribution in [0.4, 0.5) is 26.3 Å². The molecule has 1 atom stereocenters. The molecule has 1 aliphatic heterocycles. The molecule has 12 heteroatoms. The van der Waals surface area contributed by atoms with Gasteiger partial charge in [-0.1, -0.05) is 35.5 Å². The van der Waals surface area contributed by atoms with Gasteiger partial charge in [-0.15, -0.1) is 0 Å². The predicted octanol–water partition coefficient (Wildman–Crippen LogP) is 2.68. The molecule has 6 nitrogen and oxygen atoms in total. The molecule has 1 N–H and O–H groups in total. The number of likely N-dealkylation sites (tertiary alicyclic amines) is 1. The van der Waals surface area contributed by atoms with Crippen LogP contribution in [-0.2, 0) is 6.54 Å². The highest BCUT2D eigenvalue weighted by atomic mass is 19.4. The van der Waals surface area contributed by atoms with E-state index in [9.17, 15) is 36.2 Å². The summed E-state index contributed by atoms with van der Waals surface area (Å²) in [5, 5.41) is 13.8. The van der Waals surface area contributed by atoms with Crippen LogP contribution in [0.15, 0.2) is 39.6 Å². The lowest BCUT2D eigenvalue weighted by Gasteiger charge is -2.34. The number of hydrogen-bond donors (Lipinski definition) is 1. The summed E-state index contributed by atoms with van der Waals surface area (Å²) >= 11 is 0. The fourth-order valence-electron chi connectivity index (χ4n) is 3.46. The third kappa shape index (κ3) is 4.04. The minimum atomic E-state index is -5.46. The molecule has 1 aromatic carbocycles. The normalized spacial score (nSPS) is 18.9. The van der Waals surface area contributed by atoms with Crippen LogP contribution < -0.4 is 5.76 Å². The molecule has 1 aliphatic rings. The Balaban J connectivity index is 1.73. The van der Waals surface area contributed by atoms with Crippen LogP contribution in [0, 0.1) is 5.41 Å². The average molecular weight is 425 g/mol. The Morgan fingerprint density at radius 3 is 2.28 bits per heavy atom. The van der Waals surface area contributed by atoms with Gasteiger partial charge in [0.25, 0.3) is 0 Å². The average Bonchev–Trinajstić information content (AvgIpc) is 3.20. The van der Waals surface area contributed by atoms with E-state index in [0.717, 1.165) is 9.47 Å². The van der Waals surface area contributed by atoms with Crippen molar-refractivity contribution in [2.45, 2.75) is 31.4 Å². The molecule has 160 valence electrons. The van der Waals surface area contributed by atoms with Crippen LogP contribution in [0.25, 0.3) is 11.4 Å². The molecule has 1 saturated heterocycles. The molecular weight excluding hydrogens is 408 g/mol. The van der Waals surface area contributed by atoms with Gasteiger partial charge in [0.2, 0.25) is 0 Å². The molecule has 2 aromatic rings. The SMILES string of the molecule is O=c1onc(-c2ccccc2)n1CC(O)CN1CCC(C(F)(F)F)(C(F)(F)F)C1. The van der Waals surface area contributed by atoms with Gasteiger partial charge in [-0.05, 0) is 13.0 Å². The lowest BCUT2D eigenvalue weighted by Crippen LogP contribution is -2.52. The molecule has 0 saturated carbocycles. The topological polar surface area (TPSA) is 71.5 Å². The minimum absolute atomic E-state index is 0.0935. The highest BCUT2D eigenvalue weighted by Gasteiger charge is 2.72. The van der Waals surface area contributed by atoms with E-state index in [2.05, 4.69) is 9.68 Å². The van der Waals surface area contributed by atoms with E-state index in [4.69, 9.17) is 0 Å². The van der Waals surface area contributed by atoms with Crippen molar-refractivity contribution in [3.63, 3.8) is 0 Å². The second-order valence-electron chi connectivity index (χ2n) is 6.97. The number of alkyl halides is 6. The summed E-state index contributed by atoms with van der Waals surface area (Å²) in [4.78, 5) is 12.8. The summed E-state index contributed by atoms with van der Waals surface area (Å²) in [5.41, 5.74) is -3.33. The lowest BCUT2D eigenvalue weighted by molar-refractivity contribution is -0.335. The summed E-state index contributed by atoms with van der Waals surface area (Å²) in [5.74, 6) is -0.805. The number of benzene rings is 1. The van der Waals surface area contributed by atoms with Crippen molar-refractivity contribution in [2.75, 3.05) is 19.6 Å². The summed E-state index contributed by atoms with van der Waals surface area (Å²) in [6.07, 6.45) is -13.5. The van der Waals surface area contributed by atoms with Crippen molar-refractivity contribution >= 4 is 0 Å². The maximum absolute atomic E-state index is 13.1. The quantitative estimate of drug-likeness (QED) is 0.746. The molecule has 0 spiro atoms. The Labute approximate surface area is 160 Å². The summed E-state index contributed by atoms with van der Waals surface area (Å²) in [7, 11) is 0. The van der Waals surface area contributed by atoms with E-state index in [1.807, 2.05) is 0 Å². The summed E-state index contributed by atoms with van der Waals surface area (Å²) in [6, 6.07) is 8.33. The number of aromatic nitrogens is 2. The van der Waals surface area contributed by atoms with Crippen LogP contribution in [-0.4, -0.2) is 57.8 Å². The molecule has 3 rings (SSSR count). The molecule has 0 bridgehead atoms. The zero-order valence-electron chi connectivity index (χ0n) is 14.9. The zero-order chi connectivity index (χ0) is 21.4. The van der Waals surface area contributed by atoms with Gasteiger partial charge in [0.05, 0.1) is 12.6 Å². The van der Waals surface area contributed by atoms with E-state index >= 15 is 0 Å².